The number of pyridine rings is 1. The van der Waals surface area contributed by atoms with E-state index < -0.39 is 18.1 Å². The average Bonchev–Trinajstić information content (AvgIpc) is 3.02. The highest BCUT2D eigenvalue weighted by molar-refractivity contribution is 5.97. The average molecular weight is 364 g/mol. The number of hydrogen-bond acceptors (Lipinski definition) is 4. The Morgan fingerprint density at radius 3 is 2.77 bits per heavy atom. The number of fused-ring (bicyclic) bond motifs is 1. The van der Waals surface area contributed by atoms with Crippen LogP contribution in [0, 0.1) is 0 Å². The highest BCUT2D eigenvalue weighted by Gasteiger charge is 2.42. The number of nitrogens with one attached hydrogen (secondary N) is 1. The van der Waals surface area contributed by atoms with Crippen LogP contribution >= 0.6 is 0 Å². The summed E-state index contributed by atoms with van der Waals surface area (Å²) in [4.78, 5) is 20.1. The van der Waals surface area contributed by atoms with Gasteiger partial charge in [-0.2, -0.15) is 13.2 Å². The van der Waals surface area contributed by atoms with Gasteiger partial charge in [-0.25, -0.2) is 4.98 Å². The van der Waals surface area contributed by atoms with Gasteiger partial charge in [0.05, 0.1) is 24.0 Å². The van der Waals surface area contributed by atoms with E-state index >= 15 is 0 Å². The van der Waals surface area contributed by atoms with Gasteiger partial charge in [0.1, 0.15) is 0 Å². The number of benzene rings is 1. The Balaban J connectivity index is 1.87. The number of carbonyl (C=O) groups excluding carboxylic acids is 1. The zero-order valence-electron chi connectivity index (χ0n) is 13.4. The van der Waals surface area contributed by atoms with E-state index in [0.717, 1.165) is 6.20 Å². The smallest absolute Gasteiger partial charge is 0.395 e. The summed E-state index contributed by atoms with van der Waals surface area (Å²) in [6.07, 6.45) is -0.740. The van der Waals surface area contributed by atoms with Crippen LogP contribution in [0.15, 0.2) is 49.1 Å². The van der Waals surface area contributed by atoms with Crippen LogP contribution in [0.3, 0.4) is 0 Å². The van der Waals surface area contributed by atoms with E-state index in [1.54, 1.807) is 10.6 Å². The lowest BCUT2D eigenvalue weighted by molar-refractivity contribution is -0.155. The Hall–Kier alpha value is -2.94. The molecule has 2 heterocycles. The number of aliphatic hydroxyl groups excluding tert-OH is 1. The third-order valence-corrected chi connectivity index (χ3v) is 3.84. The van der Waals surface area contributed by atoms with Crippen molar-refractivity contribution in [1.29, 1.82) is 0 Å². The molecule has 0 bridgehead atoms. The molecule has 0 saturated heterocycles. The van der Waals surface area contributed by atoms with Gasteiger partial charge in [0.15, 0.2) is 6.04 Å². The zero-order chi connectivity index (χ0) is 18.7. The third kappa shape index (κ3) is 3.67. The van der Waals surface area contributed by atoms with Crippen LogP contribution in [0.25, 0.3) is 11.0 Å². The molecule has 6 nitrogen and oxygen atoms in total. The number of hydrogen-bond donors (Lipinski definition) is 2. The largest absolute Gasteiger partial charge is 0.412 e. The topological polar surface area (TPSA) is 80.0 Å². The third-order valence-electron chi connectivity index (χ3n) is 3.84. The van der Waals surface area contributed by atoms with Gasteiger partial charge >= 0.3 is 6.18 Å². The van der Waals surface area contributed by atoms with E-state index in [-0.39, 0.29) is 17.7 Å². The van der Waals surface area contributed by atoms with Crippen molar-refractivity contribution >= 4 is 16.9 Å². The van der Waals surface area contributed by atoms with Gasteiger partial charge in [-0.3, -0.25) is 9.78 Å². The lowest BCUT2D eigenvalue weighted by Crippen LogP contribution is -2.38. The maximum Gasteiger partial charge on any atom is 0.412 e. The molecule has 0 aliphatic rings. The molecular weight excluding hydrogens is 349 g/mol. The van der Waals surface area contributed by atoms with Crippen LogP contribution in [-0.2, 0) is 6.54 Å². The van der Waals surface area contributed by atoms with Crippen molar-refractivity contribution in [3.05, 3.63) is 60.2 Å². The van der Waals surface area contributed by atoms with Crippen molar-refractivity contribution < 1.29 is 23.1 Å². The van der Waals surface area contributed by atoms with E-state index in [9.17, 15) is 18.0 Å². The molecule has 9 heteroatoms. The monoisotopic (exact) mass is 364 g/mol. The predicted octanol–water partition coefficient (Wildman–Crippen LogP) is 2.46. The van der Waals surface area contributed by atoms with Crippen LogP contribution in [-0.4, -0.2) is 38.3 Å². The lowest BCUT2D eigenvalue weighted by atomic mass is 10.1. The Morgan fingerprint density at radius 1 is 1.31 bits per heavy atom. The number of alkyl halides is 3. The molecule has 3 rings (SSSR count). The minimum absolute atomic E-state index is 0.0601. The zero-order valence-corrected chi connectivity index (χ0v) is 13.4. The molecule has 0 unspecified atom stereocenters. The summed E-state index contributed by atoms with van der Waals surface area (Å²) >= 11 is 0. The second-order valence-electron chi connectivity index (χ2n) is 5.60. The maximum absolute atomic E-state index is 13.3. The summed E-state index contributed by atoms with van der Waals surface area (Å²) in [5.74, 6) is -0.866. The summed E-state index contributed by atoms with van der Waals surface area (Å²) in [7, 11) is 0. The van der Waals surface area contributed by atoms with Crippen molar-refractivity contribution in [2.75, 3.05) is 6.61 Å². The molecule has 1 atom stereocenters. The lowest BCUT2D eigenvalue weighted by Gasteiger charge is -2.21. The molecule has 0 radical (unpaired) electrons. The summed E-state index contributed by atoms with van der Waals surface area (Å²) < 4.78 is 41.7. The van der Waals surface area contributed by atoms with Gasteiger partial charge in [0.2, 0.25) is 0 Å². The Kier molecular flexibility index (Phi) is 4.90. The quantitative estimate of drug-likeness (QED) is 0.729. The number of aliphatic hydroxyl groups is 1. The predicted molar refractivity (Wildman–Crippen MR) is 87.3 cm³/mol. The number of nitrogens with zero attached hydrogens (tertiary/aromatic N) is 3. The minimum Gasteiger partial charge on any atom is -0.395 e. The fourth-order valence-corrected chi connectivity index (χ4v) is 2.61. The van der Waals surface area contributed by atoms with Gasteiger partial charge in [0, 0.05) is 30.1 Å². The Bertz CT molecular complexity index is 909. The van der Waals surface area contributed by atoms with E-state index in [4.69, 9.17) is 5.11 Å². The van der Waals surface area contributed by atoms with E-state index in [1.807, 2.05) is 5.32 Å². The molecule has 26 heavy (non-hydrogen) atoms. The van der Waals surface area contributed by atoms with E-state index in [2.05, 4.69) is 9.97 Å². The molecule has 0 spiro atoms. The summed E-state index contributed by atoms with van der Waals surface area (Å²) in [5.41, 5.74) is 1.04. The van der Waals surface area contributed by atoms with Crippen molar-refractivity contribution in [1.82, 2.24) is 19.9 Å². The number of halogens is 3. The summed E-state index contributed by atoms with van der Waals surface area (Å²) in [6.45, 7) is 0.255. The number of carbonyl (C=O) groups is 1. The van der Waals surface area contributed by atoms with Crippen LogP contribution in [0.1, 0.15) is 22.0 Å². The molecule has 0 aliphatic heterocycles. The molecule has 0 saturated carbocycles. The number of amides is 1. The van der Waals surface area contributed by atoms with Gasteiger partial charge in [0.25, 0.3) is 5.91 Å². The number of imidazole rings is 1. The number of rotatable bonds is 5. The SMILES string of the molecule is O=C(N[C@@H](c1cccnc1)C(F)(F)F)c1ccc2c(c1)ncn2CCO. The molecule has 2 aromatic heterocycles. The highest BCUT2D eigenvalue weighted by atomic mass is 19.4. The second kappa shape index (κ2) is 7.12. The molecule has 0 aliphatic carbocycles. The first kappa shape index (κ1) is 17.9. The van der Waals surface area contributed by atoms with E-state index in [1.165, 1.54) is 36.8 Å². The molecular formula is C17H15F3N4O2. The Labute approximate surface area is 146 Å². The molecule has 136 valence electrons. The van der Waals surface area contributed by atoms with Crippen molar-refractivity contribution in [2.45, 2.75) is 18.8 Å². The molecule has 0 fully saturated rings. The Morgan fingerprint density at radius 2 is 2.12 bits per heavy atom. The van der Waals surface area contributed by atoms with Crippen molar-refractivity contribution in [3.8, 4) is 0 Å². The summed E-state index contributed by atoms with van der Waals surface area (Å²) in [5, 5.41) is 11.0. The second-order valence-corrected chi connectivity index (χ2v) is 5.60. The van der Waals surface area contributed by atoms with E-state index in [0.29, 0.717) is 17.6 Å². The summed E-state index contributed by atoms with van der Waals surface area (Å²) in [6, 6.07) is 4.88. The van der Waals surface area contributed by atoms with Crippen LogP contribution in [0.5, 0.6) is 0 Å². The fourth-order valence-electron chi connectivity index (χ4n) is 2.61. The van der Waals surface area contributed by atoms with Gasteiger partial charge in [-0.05, 0) is 24.3 Å². The highest BCUT2D eigenvalue weighted by Crippen LogP contribution is 2.32. The first-order valence-corrected chi connectivity index (χ1v) is 7.73. The molecule has 1 amide bonds. The standard InChI is InChI=1S/C17H15F3N4O2/c18-17(19,20)15(12-2-1-5-21-9-12)23-16(26)11-3-4-14-13(8-11)22-10-24(14)6-7-25/h1-5,8-10,15,25H,6-7H2,(H,23,26)/t15-/m0/s1. The number of aromatic nitrogens is 3. The minimum atomic E-state index is -4.66. The normalized spacial score (nSPS) is 12.9. The van der Waals surface area contributed by atoms with Gasteiger partial charge < -0.3 is 15.0 Å². The van der Waals surface area contributed by atoms with Crippen molar-refractivity contribution in [3.63, 3.8) is 0 Å². The van der Waals surface area contributed by atoms with Crippen molar-refractivity contribution in [2.24, 2.45) is 0 Å². The molecule has 1 aromatic carbocycles. The van der Waals surface area contributed by atoms with Crippen LogP contribution in [0.2, 0.25) is 0 Å². The van der Waals surface area contributed by atoms with Crippen LogP contribution in [0.4, 0.5) is 13.2 Å². The van der Waals surface area contributed by atoms with Gasteiger partial charge in [-0.1, -0.05) is 6.07 Å². The fraction of sp³-hybridized carbons (Fsp3) is 0.235. The molecule has 2 N–H and O–H groups in total. The molecule has 3 aromatic rings. The first-order chi connectivity index (χ1) is 12.4. The first-order valence-electron chi connectivity index (χ1n) is 7.73. The van der Waals surface area contributed by atoms with Gasteiger partial charge in [-0.15, -0.1) is 0 Å². The maximum atomic E-state index is 13.3. The van der Waals surface area contributed by atoms with Crippen LogP contribution < -0.4 is 5.32 Å².